The molecule has 0 saturated heterocycles. The Morgan fingerprint density at radius 1 is 1.21 bits per heavy atom. The van der Waals surface area contributed by atoms with Crippen LogP contribution in [0.2, 0.25) is 0 Å². The summed E-state index contributed by atoms with van der Waals surface area (Å²) in [5.41, 5.74) is 6.64. The molecule has 0 heterocycles. The Labute approximate surface area is 202 Å². The number of carboxylic acid groups (broad SMARTS) is 1. The summed E-state index contributed by atoms with van der Waals surface area (Å²) in [6.45, 7) is 0. The molecule has 9 heteroatoms. The van der Waals surface area contributed by atoms with Crippen molar-refractivity contribution in [1.82, 2.24) is 0 Å². The maximum absolute atomic E-state index is 11.4. The van der Waals surface area contributed by atoms with Gasteiger partial charge in [-0.3, -0.25) is 0 Å². The number of nitrogens with two attached hydrogens (primary N) is 1. The Balaban J connectivity index is 0.00000288. The minimum atomic E-state index is -1.39. The number of aliphatic carboxylic acids is 1. The molecule has 5 nitrogen and oxygen atoms in total. The summed E-state index contributed by atoms with van der Waals surface area (Å²) in [5, 5.41) is 20.6. The van der Waals surface area contributed by atoms with Crippen LogP contribution in [0.25, 0.3) is 0 Å². The number of benzene rings is 2. The largest absolute Gasteiger partial charge is 1.00 e. The van der Waals surface area contributed by atoms with Crippen LogP contribution >= 0.6 is 67.8 Å². The van der Waals surface area contributed by atoms with Crippen molar-refractivity contribution in [1.29, 1.82) is 0 Å². The zero-order chi connectivity index (χ0) is 17.2. The third kappa shape index (κ3) is 5.58. The van der Waals surface area contributed by atoms with Crippen LogP contribution in [0.3, 0.4) is 0 Å². The quantitative estimate of drug-likeness (QED) is 0.212. The van der Waals surface area contributed by atoms with Crippen LogP contribution in [0, 0.1) is 3.57 Å². The van der Waals surface area contributed by atoms with Crippen molar-refractivity contribution in [3.8, 4) is 17.2 Å². The Kier molecular flexibility index (Phi) is 9.04. The van der Waals surface area contributed by atoms with Gasteiger partial charge in [0.1, 0.15) is 11.5 Å². The molecule has 2 aromatic carbocycles. The number of rotatable bonds is 5. The molecule has 2 atom stereocenters. The summed E-state index contributed by atoms with van der Waals surface area (Å²) < 4.78 is 4.49. The zero-order valence-electron chi connectivity index (χ0n) is 12.5. The van der Waals surface area contributed by atoms with E-state index in [4.69, 9.17) is 10.5 Å². The van der Waals surface area contributed by atoms with Crippen LogP contribution in [-0.2, 0) is 4.79 Å². The van der Waals surface area contributed by atoms with E-state index in [2.05, 4.69) is 0 Å². The van der Waals surface area contributed by atoms with Gasteiger partial charge in [0.05, 0.1) is 3.92 Å². The van der Waals surface area contributed by atoms with Crippen LogP contribution in [0.1, 0.15) is 9.49 Å². The van der Waals surface area contributed by atoms with Gasteiger partial charge in [0.25, 0.3) is 0 Å². The molecule has 2 aromatic rings. The monoisotopic (exact) mass is 673 g/mol. The Morgan fingerprint density at radius 2 is 1.75 bits per heavy atom. The third-order valence-electron chi connectivity index (χ3n) is 3.01. The summed E-state index contributed by atoms with van der Waals surface area (Å²) in [4.78, 5) is 11.2. The van der Waals surface area contributed by atoms with Gasteiger partial charge >= 0.3 is 35.5 Å². The predicted octanol–water partition coefficient (Wildman–Crippen LogP) is 0.812. The molecule has 0 spiro atoms. The van der Waals surface area contributed by atoms with Crippen molar-refractivity contribution in [3.63, 3.8) is 0 Å². The van der Waals surface area contributed by atoms with Gasteiger partial charge < -0.3 is 20.7 Å². The van der Waals surface area contributed by atoms with Crippen molar-refractivity contribution in [3.05, 3.63) is 51.6 Å². The fourth-order valence-corrected chi connectivity index (χ4v) is 3.26. The van der Waals surface area contributed by atoms with Crippen molar-refractivity contribution >= 4 is 73.7 Å². The summed E-state index contributed by atoms with van der Waals surface area (Å²) in [5.74, 6) is 0.0553. The topological polar surface area (TPSA) is 95.6 Å². The normalized spacial score (nSPS) is 14.2. The van der Waals surface area contributed by atoms with Crippen molar-refractivity contribution in [2.24, 2.45) is 5.73 Å². The first-order valence-corrected chi connectivity index (χ1v) is 9.71. The molecule has 0 saturated carbocycles. The standard InChI is InChI=1S/C15H12I3NO4.Na/c16-11-7-10(5-6-12(11)20)23-9-3-1-8(2-4-9)13(17)15(18,19)14(21)22;/h1-7,13,20H,19H2,(H,21,22);/q;+1/p-1/t13-,15-;/m0./s1. The Morgan fingerprint density at radius 3 is 2.25 bits per heavy atom. The van der Waals surface area contributed by atoms with E-state index in [0.29, 0.717) is 15.1 Å². The summed E-state index contributed by atoms with van der Waals surface area (Å²) in [7, 11) is 0. The predicted molar refractivity (Wildman–Crippen MR) is 110 cm³/mol. The number of ether oxygens (including phenoxy) is 1. The van der Waals surface area contributed by atoms with Crippen LogP contribution in [-0.4, -0.2) is 14.6 Å². The third-order valence-corrected chi connectivity index (χ3v) is 7.83. The van der Waals surface area contributed by atoms with Crippen molar-refractivity contribution in [2.45, 2.75) is 7.47 Å². The van der Waals surface area contributed by atoms with Crippen molar-refractivity contribution < 1.29 is 49.3 Å². The molecule has 0 aliphatic heterocycles. The van der Waals surface area contributed by atoms with Crippen LogP contribution < -0.4 is 45.1 Å². The molecule has 3 N–H and O–H groups in total. The molecule has 0 aliphatic carbocycles. The van der Waals surface area contributed by atoms with Crippen LogP contribution in [0.5, 0.6) is 17.2 Å². The fourth-order valence-electron chi connectivity index (χ4n) is 1.74. The maximum Gasteiger partial charge on any atom is 1.00 e. The number of carbonyl (C=O) groups is 1. The number of alkyl halides is 2. The van der Waals surface area contributed by atoms with E-state index in [1.165, 1.54) is 6.07 Å². The second-order valence-electron chi connectivity index (χ2n) is 4.70. The van der Waals surface area contributed by atoms with E-state index in [0.717, 1.165) is 5.56 Å². The van der Waals surface area contributed by atoms with Gasteiger partial charge in [-0.25, -0.2) is 4.79 Å². The molecule has 0 amide bonds. The molecule has 0 radical (unpaired) electrons. The van der Waals surface area contributed by atoms with Gasteiger partial charge in [-0.1, -0.05) is 46.5 Å². The average molecular weight is 673 g/mol. The fraction of sp³-hybridized carbons (Fsp3) is 0.133. The summed E-state index contributed by atoms with van der Waals surface area (Å²) >= 11 is 5.71. The Hall–Kier alpha value is 0.660. The first kappa shape index (κ1) is 22.7. The van der Waals surface area contributed by atoms with E-state index in [1.807, 2.05) is 45.2 Å². The van der Waals surface area contributed by atoms with Crippen molar-refractivity contribution in [2.75, 3.05) is 0 Å². The van der Waals surface area contributed by atoms with Gasteiger partial charge in [0.2, 0.25) is 0 Å². The zero-order valence-corrected chi connectivity index (χ0v) is 21.0. The molecule has 0 fully saturated rings. The SMILES string of the molecule is N[C@](I)(C(=O)O)[C@@H](I)c1ccc(Oc2ccc([O-])c(I)c2)cc1.[Na+]. The van der Waals surface area contributed by atoms with Gasteiger partial charge in [-0.05, 0) is 75.0 Å². The van der Waals surface area contributed by atoms with Crippen LogP contribution in [0.15, 0.2) is 42.5 Å². The molecule has 0 unspecified atom stereocenters. The first-order valence-electron chi connectivity index (χ1n) is 6.31. The minimum Gasteiger partial charge on any atom is -0.872 e. The molecule has 2 rings (SSSR count). The van der Waals surface area contributed by atoms with Gasteiger partial charge in [-0.15, -0.1) is 0 Å². The molecule has 0 bridgehead atoms. The van der Waals surface area contributed by atoms with E-state index < -0.39 is 13.4 Å². The molecule has 0 aliphatic rings. The van der Waals surface area contributed by atoms with E-state index in [-0.39, 0.29) is 35.3 Å². The summed E-state index contributed by atoms with van der Waals surface area (Å²) in [6.07, 6.45) is 0. The molecular weight excluding hydrogens is 662 g/mol. The molecule has 0 aromatic heterocycles. The summed E-state index contributed by atoms with van der Waals surface area (Å²) in [6, 6.07) is 11.8. The number of hydrogen-bond acceptors (Lipinski definition) is 4. The van der Waals surface area contributed by atoms with Gasteiger partial charge in [-0.2, -0.15) is 0 Å². The van der Waals surface area contributed by atoms with Crippen LogP contribution in [0.4, 0.5) is 0 Å². The van der Waals surface area contributed by atoms with E-state index in [1.54, 1.807) is 59.0 Å². The van der Waals surface area contributed by atoms with Gasteiger partial charge in [0, 0.05) is 3.57 Å². The second-order valence-corrected chi connectivity index (χ2v) is 8.89. The molecular formula is C15H11I3NNaO4. The number of hydrogen-bond donors (Lipinski definition) is 2. The molecule has 122 valence electrons. The van der Waals surface area contributed by atoms with Gasteiger partial charge in [0.15, 0.2) is 3.55 Å². The molecule has 24 heavy (non-hydrogen) atoms. The average Bonchev–Trinajstić information content (AvgIpc) is 2.51. The minimum absolute atomic E-state index is 0. The smallest absolute Gasteiger partial charge is 0.872 e. The van der Waals surface area contributed by atoms with E-state index in [9.17, 15) is 15.0 Å². The second kappa shape index (κ2) is 9.55. The maximum atomic E-state index is 11.4. The first-order chi connectivity index (χ1) is 10.7. The number of carboxylic acids is 1. The number of halogens is 3. The Bertz CT molecular complexity index is 725. The van der Waals surface area contributed by atoms with E-state index >= 15 is 0 Å².